The van der Waals surface area contributed by atoms with Gasteiger partial charge in [-0.3, -0.25) is 18.8 Å². The molecule has 0 saturated carbocycles. The van der Waals surface area contributed by atoms with Crippen LogP contribution in [0.3, 0.4) is 0 Å². The zero-order valence-electron chi connectivity index (χ0n) is 18.9. The van der Waals surface area contributed by atoms with Crippen molar-refractivity contribution >= 4 is 34.3 Å². The molecule has 0 aliphatic carbocycles. The Hall–Kier alpha value is -2.61. The quantitative estimate of drug-likeness (QED) is 0.301. The Morgan fingerprint density at radius 2 is 1.94 bits per heavy atom. The van der Waals surface area contributed by atoms with Gasteiger partial charge in [-0.05, 0) is 39.3 Å². The number of carbonyl (C=O) groups excluding carboxylic acids is 1. The molecule has 0 radical (unpaired) electrons. The summed E-state index contributed by atoms with van der Waals surface area (Å²) in [5.41, 5.74) is 3.04. The van der Waals surface area contributed by atoms with E-state index in [-0.39, 0.29) is 11.5 Å². The summed E-state index contributed by atoms with van der Waals surface area (Å²) in [5.74, 6) is -0.135. The van der Waals surface area contributed by atoms with Gasteiger partial charge in [-0.1, -0.05) is 50.1 Å². The van der Waals surface area contributed by atoms with Crippen LogP contribution < -0.4 is 10.9 Å². The topological polar surface area (TPSA) is 81.8 Å². The summed E-state index contributed by atoms with van der Waals surface area (Å²) in [6.07, 6.45) is 4.25. The van der Waals surface area contributed by atoms with E-state index in [1.165, 1.54) is 11.8 Å². The number of fused-ring (bicyclic) bond motifs is 1. The third kappa shape index (κ3) is 5.18. The summed E-state index contributed by atoms with van der Waals surface area (Å²) in [5, 5.41) is 8.12. The highest BCUT2D eigenvalue weighted by atomic mass is 32.2. The van der Waals surface area contributed by atoms with Crippen molar-refractivity contribution in [2.45, 2.75) is 70.3 Å². The molecule has 2 heterocycles. The number of hydrogen-bond donors (Lipinski definition) is 1. The highest BCUT2D eigenvalue weighted by molar-refractivity contribution is 8.00. The summed E-state index contributed by atoms with van der Waals surface area (Å²) >= 11 is 1.32. The first-order valence-corrected chi connectivity index (χ1v) is 11.7. The minimum atomic E-state index is -0.422. The molecule has 3 rings (SSSR count). The number of para-hydroxylation sites is 1. The van der Waals surface area contributed by atoms with Crippen LogP contribution >= 0.6 is 11.8 Å². The second kappa shape index (κ2) is 10.1. The molecule has 3 aromatic rings. The molecule has 0 aliphatic heterocycles. The molecule has 1 N–H and O–H groups in total. The maximum Gasteiger partial charge on any atom is 0.262 e. The lowest BCUT2D eigenvalue weighted by Gasteiger charge is -2.16. The molecule has 1 amide bonds. The number of nitrogens with zero attached hydrogens (tertiary/aromatic N) is 4. The molecule has 1 atom stereocenters. The van der Waals surface area contributed by atoms with Gasteiger partial charge in [0.2, 0.25) is 5.91 Å². The predicted molar refractivity (Wildman–Crippen MR) is 127 cm³/mol. The fourth-order valence-electron chi connectivity index (χ4n) is 3.52. The Kier molecular flexibility index (Phi) is 7.54. The number of thioether (sulfide) groups is 1. The molecule has 1 aromatic carbocycles. The van der Waals surface area contributed by atoms with Crippen LogP contribution in [0, 0.1) is 13.8 Å². The summed E-state index contributed by atoms with van der Waals surface area (Å²) in [6, 6.07) is 7.38. The number of carbonyl (C=O) groups is 1. The lowest BCUT2D eigenvalue weighted by Crippen LogP contribution is -2.27. The first kappa shape index (κ1) is 23.1. The van der Waals surface area contributed by atoms with Gasteiger partial charge in [-0.25, -0.2) is 4.98 Å². The molecule has 166 valence electrons. The molecule has 0 aliphatic rings. The largest absolute Gasteiger partial charge is 0.322 e. The van der Waals surface area contributed by atoms with Gasteiger partial charge in [0.25, 0.3) is 5.56 Å². The van der Waals surface area contributed by atoms with Crippen molar-refractivity contribution in [1.82, 2.24) is 19.3 Å². The molecule has 0 saturated heterocycles. The van der Waals surface area contributed by atoms with Crippen LogP contribution in [0.2, 0.25) is 0 Å². The first-order chi connectivity index (χ1) is 14.8. The minimum absolute atomic E-state index is 0.0452. The molecular weight excluding hydrogens is 410 g/mol. The van der Waals surface area contributed by atoms with Crippen molar-refractivity contribution in [2.24, 2.45) is 7.05 Å². The summed E-state index contributed by atoms with van der Waals surface area (Å²) in [4.78, 5) is 30.8. The number of hydrogen-bond acceptors (Lipinski definition) is 5. The minimum Gasteiger partial charge on any atom is -0.322 e. The van der Waals surface area contributed by atoms with E-state index in [1.54, 1.807) is 9.25 Å². The van der Waals surface area contributed by atoms with E-state index in [1.807, 2.05) is 52.1 Å². The van der Waals surface area contributed by atoms with Crippen LogP contribution in [0.4, 0.5) is 5.69 Å². The maximum atomic E-state index is 13.1. The van der Waals surface area contributed by atoms with E-state index >= 15 is 0 Å². The number of unbranched alkanes of at least 4 members (excludes halogenated alkanes) is 3. The number of aromatic nitrogens is 4. The van der Waals surface area contributed by atoms with Crippen LogP contribution in [0.25, 0.3) is 10.9 Å². The van der Waals surface area contributed by atoms with Crippen LogP contribution in [0.5, 0.6) is 0 Å². The van der Waals surface area contributed by atoms with Crippen molar-refractivity contribution in [3.8, 4) is 0 Å². The normalized spacial score (nSPS) is 12.3. The third-order valence-electron chi connectivity index (χ3n) is 5.47. The van der Waals surface area contributed by atoms with Gasteiger partial charge in [0, 0.05) is 13.6 Å². The van der Waals surface area contributed by atoms with Crippen LogP contribution in [-0.2, 0) is 18.4 Å². The van der Waals surface area contributed by atoms with Gasteiger partial charge < -0.3 is 5.32 Å². The van der Waals surface area contributed by atoms with Gasteiger partial charge in [-0.15, -0.1) is 0 Å². The molecule has 8 heteroatoms. The molecule has 0 bridgehead atoms. The molecule has 1 unspecified atom stereocenters. The van der Waals surface area contributed by atoms with Gasteiger partial charge in [-0.2, -0.15) is 5.10 Å². The Labute approximate surface area is 187 Å². The number of nitrogens with one attached hydrogen (secondary N) is 1. The Morgan fingerprint density at radius 1 is 1.19 bits per heavy atom. The van der Waals surface area contributed by atoms with Crippen LogP contribution in [0.15, 0.2) is 34.2 Å². The summed E-state index contributed by atoms with van der Waals surface area (Å²) < 4.78 is 3.48. The predicted octanol–water partition coefficient (Wildman–Crippen LogP) is 4.45. The van der Waals surface area contributed by atoms with Crippen LogP contribution in [0.1, 0.15) is 50.9 Å². The van der Waals surface area contributed by atoms with E-state index in [2.05, 4.69) is 17.3 Å². The fraction of sp³-hybridized carbons (Fsp3) is 0.478. The van der Waals surface area contributed by atoms with Crippen molar-refractivity contribution in [3.63, 3.8) is 0 Å². The third-order valence-corrected chi connectivity index (χ3v) is 6.56. The highest BCUT2D eigenvalue weighted by Crippen LogP contribution is 2.25. The van der Waals surface area contributed by atoms with Crippen LogP contribution in [-0.4, -0.2) is 30.5 Å². The van der Waals surface area contributed by atoms with E-state index in [4.69, 9.17) is 4.98 Å². The van der Waals surface area contributed by atoms with Crippen molar-refractivity contribution in [3.05, 3.63) is 46.0 Å². The molecule has 0 fully saturated rings. The van der Waals surface area contributed by atoms with Crippen molar-refractivity contribution < 1.29 is 4.79 Å². The first-order valence-electron chi connectivity index (χ1n) is 10.8. The maximum absolute atomic E-state index is 13.1. The van der Waals surface area contributed by atoms with Crippen molar-refractivity contribution in [2.75, 3.05) is 5.32 Å². The summed E-state index contributed by atoms with van der Waals surface area (Å²) in [7, 11) is 1.85. The van der Waals surface area contributed by atoms with Gasteiger partial charge in [0.05, 0.1) is 33.2 Å². The van der Waals surface area contributed by atoms with E-state index < -0.39 is 5.25 Å². The number of rotatable bonds is 9. The Bertz CT molecular complexity index is 1130. The fourth-order valence-corrected chi connectivity index (χ4v) is 4.46. The average Bonchev–Trinajstić information content (AvgIpc) is 2.98. The van der Waals surface area contributed by atoms with Gasteiger partial charge >= 0.3 is 0 Å². The average molecular weight is 442 g/mol. The highest BCUT2D eigenvalue weighted by Gasteiger charge is 2.21. The number of amides is 1. The van der Waals surface area contributed by atoms with Gasteiger partial charge in [0.1, 0.15) is 0 Å². The lowest BCUT2D eigenvalue weighted by atomic mass is 10.2. The van der Waals surface area contributed by atoms with E-state index in [9.17, 15) is 9.59 Å². The SMILES string of the molecule is CCCCCCn1c(SC(C)C(=O)Nc2c(C)nn(C)c2C)nc2ccccc2c1=O. The number of benzene rings is 1. The zero-order chi connectivity index (χ0) is 22.5. The Balaban J connectivity index is 1.86. The number of anilines is 1. The van der Waals surface area contributed by atoms with E-state index in [0.717, 1.165) is 42.8 Å². The molecular formula is C23H31N5O2S. The second-order valence-electron chi connectivity index (χ2n) is 7.85. The number of aryl methyl sites for hydroxylation is 2. The monoisotopic (exact) mass is 441 g/mol. The Morgan fingerprint density at radius 3 is 2.61 bits per heavy atom. The standard InChI is InChI=1S/C23H31N5O2S/c1-6-7-8-11-14-28-22(30)18-12-9-10-13-19(18)24-23(28)31-17(4)21(29)25-20-15(2)26-27(5)16(20)3/h9-10,12-13,17H,6-8,11,14H2,1-5H3,(H,25,29). The second-order valence-corrected chi connectivity index (χ2v) is 9.16. The summed E-state index contributed by atoms with van der Waals surface area (Å²) in [6.45, 7) is 8.40. The lowest BCUT2D eigenvalue weighted by molar-refractivity contribution is -0.115. The molecule has 0 spiro atoms. The van der Waals surface area contributed by atoms with Crippen molar-refractivity contribution in [1.29, 1.82) is 0 Å². The zero-order valence-corrected chi connectivity index (χ0v) is 19.8. The van der Waals surface area contributed by atoms with Gasteiger partial charge in [0.15, 0.2) is 5.16 Å². The molecule has 7 nitrogen and oxygen atoms in total. The molecule has 31 heavy (non-hydrogen) atoms. The van der Waals surface area contributed by atoms with E-state index in [0.29, 0.717) is 22.6 Å². The molecule has 2 aromatic heterocycles. The smallest absolute Gasteiger partial charge is 0.262 e.